The zero-order valence-corrected chi connectivity index (χ0v) is 15.4. The van der Waals surface area contributed by atoms with E-state index >= 15 is 0 Å². The van der Waals surface area contributed by atoms with Gasteiger partial charge in [-0.05, 0) is 50.8 Å². The summed E-state index contributed by atoms with van der Waals surface area (Å²) in [6.45, 7) is 5.21. The van der Waals surface area contributed by atoms with Crippen LogP contribution >= 0.6 is 0 Å². The van der Waals surface area contributed by atoms with E-state index in [1.54, 1.807) is 7.11 Å². The van der Waals surface area contributed by atoms with Gasteiger partial charge in [-0.15, -0.1) is 0 Å². The van der Waals surface area contributed by atoms with Gasteiger partial charge in [0.1, 0.15) is 5.75 Å². The van der Waals surface area contributed by atoms with E-state index in [4.69, 9.17) is 24.1 Å². The maximum absolute atomic E-state index is 9.13. The third-order valence-corrected chi connectivity index (χ3v) is 4.09. The Kier molecular flexibility index (Phi) is 7.90. The maximum atomic E-state index is 9.13. The molecule has 0 spiro atoms. The second-order valence-electron chi connectivity index (χ2n) is 6.62. The van der Waals surface area contributed by atoms with Crippen molar-refractivity contribution >= 4 is 0 Å². The molecule has 1 fully saturated rings. The van der Waals surface area contributed by atoms with E-state index in [0.29, 0.717) is 19.6 Å². The van der Waals surface area contributed by atoms with Gasteiger partial charge in [-0.1, -0.05) is 24.3 Å². The lowest BCUT2D eigenvalue weighted by Crippen LogP contribution is -2.23. The first-order valence-electron chi connectivity index (χ1n) is 8.86. The molecule has 140 valence electrons. The van der Waals surface area contributed by atoms with Crippen molar-refractivity contribution in [1.82, 2.24) is 0 Å². The molecule has 5 nitrogen and oxygen atoms in total. The molecule has 1 aliphatic rings. The fourth-order valence-corrected chi connectivity index (χ4v) is 2.89. The molecule has 2 atom stereocenters. The van der Waals surface area contributed by atoms with Crippen LogP contribution in [-0.4, -0.2) is 43.4 Å². The van der Waals surface area contributed by atoms with E-state index < -0.39 is 5.79 Å². The molecule has 1 N–H and O–H groups in total. The minimum atomic E-state index is -0.570. The second-order valence-corrected chi connectivity index (χ2v) is 6.62. The predicted molar refractivity (Wildman–Crippen MR) is 96.6 cm³/mol. The van der Waals surface area contributed by atoms with Crippen molar-refractivity contribution in [2.75, 3.05) is 20.3 Å². The molecule has 1 aromatic carbocycles. The number of hydrogen-bond acceptors (Lipinski definition) is 5. The molecule has 1 saturated heterocycles. The van der Waals surface area contributed by atoms with Crippen molar-refractivity contribution in [2.45, 2.75) is 57.7 Å². The number of methoxy groups -OCH3 is 1. The van der Waals surface area contributed by atoms with Crippen LogP contribution in [0.1, 0.15) is 38.7 Å². The molecule has 0 saturated carbocycles. The number of aliphatic hydroxyl groups excluding tert-OH is 1. The summed E-state index contributed by atoms with van der Waals surface area (Å²) in [5, 5.41) is 9.13. The zero-order valence-electron chi connectivity index (χ0n) is 15.4. The smallest absolute Gasteiger partial charge is 0.163 e. The highest BCUT2D eigenvalue weighted by Gasteiger charge is 2.39. The van der Waals surface area contributed by atoms with Gasteiger partial charge in [0.25, 0.3) is 0 Å². The Labute approximate surface area is 150 Å². The minimum Gasteiger partial charge on any atom is -0.497 e. The first kappa shape index (κ1) is 19.9. The molecule has 5 heteroatoms. The number of ether oxygens (including phenoxy) is 4. The first-order valence-corrected chi connectivity index (χ1v) is 8.86. The number of rotatable bonds is 10. The molecule has 0 bridgehead atoms. The van der Waals surface area contributed by atoms with E-state index in [9.17, 15) is 0 Å². The third-order valence-electron chi connectivity index (χ3n) is 4.09. The van der Waals surface area contributed by atoms with Crippen LogP contribution in [0.5, 0.6) is 5.75 Å². The van der Waals surface area contributed by atoms with Gasteiger partial charge in [-0.2, -0.15) is 0 Å². The zero-order chi connectivity index (χ0) is 18.1. The highest BCUT2D eigenvalue weighted by molar-refractivity contribution is 5.26. The van der Waals surface area contributed by atoms with E-state index in [2.05, 4.69) is 12.2 Å². The van der Waals surface area contributed by atoms with Crippen LogP contribution in [0.2, 0.25) is 0 Å². The summed E-state index contributed by atoms with van der Waals surface area (Å²) in [4.78, 5) is 0. The second kappa shape index (κ2) is 9.92. The Morgan fingerprint density at radius 3 is 2.52 bits per heavy atom. The van der Waals surface area contributed by atoms with Crippen LogP contribution in [0.3, 0.4) is 0 Å². The molecular weight excluding hydrogens is 320 g/mol. The van der Waals surface area contributed by atoms with Gasteiger partial charge in [-0.25, -0.2) is 0 Å². The van der Waals surface area contributed by atoms with Gasteiger partial charge in [-0.3, -0.25) is 0 Å². The monoisotopic (exact) mass is 350 g/mol. The fraction of sp³-hybridized carbons (Fsp3) is 0.600. The quantitative estimate of drug-likeness (QED) is 0.517. The predicted octanol–water partition coefficient (Wildman–Crippen LogP) is 3.45. The maximum Gasteiger partial charge on any atom is 0.163 e. The van der Waals surface area contributed by atoms with E-state index in [1.165, 1.54) is 0 Å². The lowest BCUT2D eigenvalue weighted by Gasteiger charge is -2.16. The normalized spacial score (nSPS) is 22.6. The van der Waals surface area contributed by atoms with Crippen molar-refractivity contribution in [2.24, 2.45) is 0 Å². The Morgan fingerprint density at radius 2 is 1.84 bits per heavy atom. The van der Waals surface area contributed by atoms with Crippen LogP contribution in [0.4, 0.5) is 0 Å². The summed E-state index contributed by atoms with van der Waals surface area (Å²) in [7, 11) is 1.66. The molecule has 25 heavy (non-hydrogen) atoms. The van der Waals surface area contributed by atoms with E-state index in [0.717, 1.165) is 24.2 Å². The largest absolute Gasteiger partial charge is 0.497 e. The summed E-state index contributed by atoms with van der Waals surface area (Å²) < 4.78 is 22.5. The van der Waals surface area contributed by atoms with Crippen LogP contribution < -0.4 is 4.74 Å². The molecular formula is C20H30O5. The molecule has 1 heterocycles. The molecule has 2 rings (SSSR count). The Hall–Kier alpha value is -1.40. The van der Waals surface area contributed by atoms with Crippen LogP contribution in [0.25, 0.3) is 0 Å². The van der Waals surface area contributed by atoms with Crippen molar-refractivity contribution in [3.8, 4) is 5.75 Å². The Bertz CT molecular complexity index is 523. The summed E-state index contributed by atoms with van der Waals surface area (Å²) in [5.74, 6) is 0.285. The van der Waals surface area contributed by atoms with Crippen molar-refractivity contribution in [3.63, 3.8) is 0 Å². The highest BCUT2D eigenvalue weighted by Crippen LogP contribution is 2.31. The van der Waals surface area contributed by atoms with Gasteiger partial charge in [0.2, 0.25) is 0 Å². The molecule has 1 unspecified atom stereocenters. The number of benzene rings is 1. The van der Waals surface area contributed by atoms with Gasteiger partial charge in [0, 0.05) is 6.61 Å². The van der Waals surface area contributed by atoms with Crippen molar-refractivity contribution in [3.05, 3.63) is 42.0 Å². The molecule has 0 aliphatic carbocycles. The summed E-state index contributed by atoms with van der Waals surface area (Å²) >= 11 is 0. The van der Waals surface area contributed by atoms with E-state index in [1.807, 2.05) is 38.1 Å². The fourth-order valence-electron chi connectivity index (χ4n) is 2.89. The average Bonchev–Trinajstić information content (AvgIpc) is 2.88. The van der Waals surface area contributed by atoms with Crippen LogP contribution in [-0.2, 0) is 20.8 Å². The summed E-state index contributed by atoms with van der Waals surface area (Å²) in [5.41, 5.74) is 1.13. The number of hydrogen-bond donors (Lipinski definition) is 1. The van der Waals surface area contributed by atoms with Gasteiger partial charge in [0.15, 0.2) is 5.79 Å². The first-order chi connectivity index (χ1) is 12.0. The third kappa shape index (κ3) is 6.78. The van der Waals surface area contributed by atoms with Crippen LogP contribution in [0, 0.1) is 0 Å². The standard InChI is InChI=1S/C20H30O5/c1-20(2)24-18(19(25-20)12-13-21)7-5-4-6-14-23-15-16-8-10-17(22-3)11-9-16/h4-5,8-11,18-19,21H,6-7,12-15H2,1-3H3/t18?,19-/m0/s1. The van der Waals surface area contributed by atoms with Gasteiger partial charge >= 0.3 is 0 Å². The Balaban J connectivity index is 1.62. The van der Waals surface area contributed by atoms with Gasteiger partial charge in [0.05, 0.1) is 32.5 Å². The van der Waals surface area contributed by atoms with Crippen molar-refractivity contribution < 1.29 is 24.1 Å². The topological polar surface area (TPSA) is 57.2 Å². The molecule has 1 aromatic rings. The van der Waals surface area contributed by atoms with Crippen molar-refractivity contribution in [1.29, 1.82) is 0 Å². The van der Waals surface area contributed by atoms with Crippen LogP contribution in [0.15, 0.2) is 36.4 Å². The lowest BCUT2D eigenvalue weighted by atomic mass is 10.1. The molecule has 0 radical (unpaired) electrons. The number of aliphatic hydroxyl groups is 1. The Morgan fingerprint density at radius 1 is 1.12 bits per heavy atom. The van der Waals surface area contributed by atoms with E-state index in [-0.39, 0.29) is 18.8 Å². The average molecular weight is 350 g/mol. The molecule has 1 aliphatic heterocycles. The SMILES string of the molecule is COc1ccc(COCCC=CCC2OC(C)(C)O[C@H]2CCO)cc1. The summed E-state index contributed by atoms with van der Waals surface area (Å²) in [6.07, 6.45) is 6.42. The highest BCUT2D eigenvalue weighted by atomic mass is 16.7. The minimum absolute atomic E-state index is 0.00128. The lowest BCUT2D eigenvalue weighted by molar-refractivity contribution is -0.146. The molecule has 0 amide bonds. The van der Waals surface area contributed by atoms with Gasteiger partial charge < -0.3 is 24.1 Å². The summed E-state index contributed by atoms with van der Waals surface area (Å²) in [6, 6.07) is 7.89. The molecule has 0 aromatic heterocycles.